The lowest BCUT2D eigenvalue weighted by Gasteiger charge is -2.72. The van der Waals surface area contributed by atoms with Crippen molar-refractivity contribution in [1.82, 2.24) is 10.2 Å². The Morgan fingerprint density at radius 1 is 0.960 bits per heavy atom. The van der Waals surface area contributed by atoms with Gasteiger partial charge in [0.2, 0.25) is 0 Å². The van der Waals surface area contributed by atoms with Gasteiger partial charge >= 0.3 is 5.97 Å². The highest BCUT2D eigenvalue weighted by atomic mass is 32.2. The van der Waals surface area contributed by atoms with Gasteiger partial charge in [0.15, 0.2) is 9.84 Å². The number of nitrogens with one attached hydrogen (secondary N) is 1. The predicted octanol–water partition coefficient (Wildman–Crippen LogP) is 8.01. The maximum absolute atomic E-state index is 14.0. The molecule has 2 N–H and O–H groups in total. The fourth-order valence-corrected chi connectivity index (χ4v) is 15.6. The van der Waals surface area contributed by atoms with Gasteiger partial charge in [-0.1, -0.05) is 52.8 Å². The molecule has 0 radical (unpaired) electrons. The quantitative estimate of drug-likeness (QED) is 0.248. The maximum atomic E-state index is 14.0. The average Bonchev–Trinajstić information content (AvgIpc) is 3.44. The second kappa shape index (κ2) is 12.5. The van der Waals surface area contributed by atoms with Crippen molar-refractivity contribution in [3.05, 3.63) is 36.0 Å². The number of carbonyl (C=O) groups is 1. The molecule has 1 aliphatic heterocycles. The summed E-state index contributed by atoms with van der Waals surface area (Å²) in [4.78, 5) is 14.3. The van der Waals surface area contributed by atoms with Crippen LogP contribution >= 0.6 is 0 Å². The smallest absolute Gasteiger partial charge is 0.312 e. The van der Waals surface area contributed by atoms with E-state index in [1.165, 1.54) is 62.5 Å². The molecule has 0 aromatic heterocycles. The topological polar surface area (TPSA) is 86.7 Å². The Hall–Kier alpha value is -1.51. The number of hydrogen-bond donors (Lipinski definition) is 2. The van der Waals surface area contributed by atoms with E-state index in [0.29, 0.717) is 67.0 Å². The molecule has 0 amide bonds. The van der Waals surface area contributed by atoms with Crippen LogP contribution in [0.1, 0.15) is 112 Å². The van der Waals surface area contributed by atoms with Crippen LogP contribution in [0.5, 0.6) is 0 Å². The molecule has 0 aromatic carbocycles. The lowest BCUT2D eigenvalue weighted by atomic mass is 9.33. The number of sulfone groups is 1. The minimum absolute atomic E-state index is 0.0135. The monoisotopic (exact) mass is 712 g/mol. The first-order valence-electron chi connectivity index (χ1n) is 20.0. The second-order valence-electron chi connectivity index (χ2n) is 19.4. The zero-order valence-electron chi connectivity index (χ0n) is 31.7. The Kier molecular flexibility index (Phi) is 9.23. The molecule has 1 unspecified atom stereocenters. The van der Waals surface area contributed by atoms with Crippen molar-refractivity contribution in [2.45, 2.75) is 117 Å². The Morgan fingerprint density at radius 3 is 2.34 bits per heavy atom. The van der Waals surface area contributed by atoms with Gasteiger partial charge in [0.05, 0.1) is 16.9 Å². The third-order valence-electron chi connectivity index (χ3n) is 17.4. The summed E-state index contributed by atoms with van der Waals surface area (Å²) in [6.07, 6.45) is 19.2. The molecule has 0 bridgehead atoms. The largest absolute Gasteiger partial charge is 0.481 e. The standard InChI is InChI=1S/C42H65FN2O4S/c1-7-29-12-19-42(44-22-23-45-24-26-50(48,49)27-25-45)21-20-39(5)32(35(29)42)8-9-34-38(4)15-13-31(37(2,3)33(38)14-16-40(34,39)6)30-10-17-41(28-43,18-11-30)36(46)47/h7,10,13,29,32-35,44H,1,8-9,11-12,14-28H2,2-6H3,(H,46,47)/t29?,32-,33+,34-,35-,38+,39-,40-,41+,42+/m1/s1. The number of carboxylic acids is 1. The first kappa shape index (κ1) is 36.8. The minimum Gasteiger partial charge on any atom is -0.481 e. The number of nitrogens with zero attached hydrogens (tertiary/aromatic N) is 1. The van der Waals surface area contributed by atoms with Crippen LogP contribution < -0.4 is 5.32 Å². The normalized spacial score (nSPS) is 46.7. The van der Waals surface area contributed by atoms with Gasteiger partial charge in [0, 0.05) is 31.7 Å². The minimum atomic E-state index is -2.87. The molecule has 10 atom stereocenters. The van der Waals surface area contributed by atoms with Crippen molar-refractivity contribution in [2.75, 3.05) is 44.4 Å². The lowest BCUT2D eigenvalue weighted by molar-refractivity contribution is -0.220. The number of aliphatic carboxylic acids is 1. The number of fused-ring (bicyclic) bond motifs is 7. The van der Waals surface area contributed by atoms with Gasteiger partial charge in [0.1, 0.15) is 6.67 Å². The molecule has 50 heavy (non-hydrogen) atoms. The number of hydrogen-bond acceptors (Lipinski definition) is 5. The molecule has 6 aliphatic carbocycles. The first-order valence-corrected chi connectivity index (χ1v) is 21.8. The van der Waals surface area contributed by atoms with Crippen LogP contribution in [0.15, 0.2) is 36.0 Å². The first-order chi connectivity index (χ1) is 23.5. The average molecular weight is 713 g/mol. The van der Waals surface area contributed by atoms with Crippen molar-refractivity contribution in [1.29, 1.82) is 0 Å². The summed E-state index contributed by atoms with van der Waals surface area (Å²) >= 11 is 0. The molecule has 4 saturated carbocycles. The van der Waals surface area contributed by atoms with E-state index in [4.69, 9.17) is 0 Å². The van der Waals surface area contributed by atoms with Gasteiger partial charge in [-0.15, -0.1) is 6.58 Å². The third-order valence-corrected chi connectivity index (χ3v) is 19.0. The van der Waals surface area contributed by atoms with Crippen molar-refractivity contribution in [3.63, 3.8) is 0 Å². The van der Waals surface area contributed by atoms with Crippen molar-refractivity contribution < 1.29 is 22.7 Å². The third kappa shape index (κ3) is 5.40. The molecule has 5 fully saturated rings. The van der Waals surface area contributed by atoms with E-state index in [-0.39, 0.29) is 33.6 Å². The molecule has 6 nitrogen and oxygen atoms in total. The van der Waals surface area contributed by atoms with Crippen LogP contribution in [0.3, 0.4) is 0 Å². The predicted molar refractivity (Wildman–Crippen MR) is 199 cm³/mol. The highest BCUT2D eigenvalue weighted by Gasteiger charge is 2.70. The SMILES string of the molecule is C=CC1CC[C@]2(NCCN3CCS(=O)(=O)CC3)CC[C@]3(C)[C@H](CC[C@@H]4[C@@]5(C)CC=C(C6=CC[C@](CF)(C(=O)O)CC6)C(C)(C)[C@@H]5CC[C@]43C)[C@@H]12. The van der Waals surface area contributed by atoms with Crippen LogP contribution in [0.25, 0.3) is 0 Å². The Bertz CT molecular complexity index is 1540. The summed E-state index contributed by atoms with van der Waals surface area (Å²) in [7, 11) is -2.87. The molecule has 0 aromatic rings. The van der Waals surface area contributed by atoms with E-state index in [9.17, 15) is 22.7 Å². The van der Waals surface area contributed by atoms with Gasteiger partial charge < -0.3 is 15.3 Å². The summed E-state index contributed by atoms with van der Waals surface area (Å²) < 4.78 is 37.9. The fraction of sp³-hybridized carbons (Fsp3) is 0.833. The van der Waals surface area contributed by atoms with E-state index in [2.05, 4.69) is 69.6 Å². The molecule has 7 rings (SSSR count). The van der Waals surface area contributed by atoms with Gasteiger partial charge in [0.25, 0.3) is 0 Å². The molecule has 0 spiro atoms. The number of rotatable bonds is 8. The summed E-state index contributed by atoms with van der Waals surface area (Å²) in [5.74, 6) is 2.59. The van der Waals surface area contributed by atoms with Crippen molar-refractivity contribution >= 4 is 15.8 Å². The number of allylic oxidation sites excluding steroid dienone is 5. The molecule has 7 aliphatic rings. The lowest BCUT2D eigenvalue weighted by Crippen LogP contribution is -2.68. The van der Waals surface area contributed by atoms with Gasteiger partial charge in [-0.2, -0.15) is 0 Å². The molecule has 1 saturated heterocycles. The van der Waals surface area contributed by atoms with Gasteiger partial charge in [-0.3, -0.25) is 4.79 Å². The summed E-state index contributed by atoms with van der Waals surface area (Å²) in [5, 5.41) is 14.0. The Labute approximate surface area is 302 Å². The highest BCUT2D eigenvalue weighted by molar-refractivity contribution is 7.91. The Morgan fingerprint density at radius 2 is 1.70 bits per heavy atom. The second-order valence-corrected chi connectivity index (χ2v) is 21.7. The fourth-order valence-electron chi connectivity index (χ4n) is 14.3. The van der Waals surface area contributed by atoms with Crippen LogP contribution in [-0.4, -0.2) is 74.3 Å². The molecule has 280 valence electrons. The molecule has 1 heterocycles. The van der Waals surface area contributed by atoms with E-state index in [1.54, 1.807) is 0 Å². The van der Waals surface area contributed by atoms with Crippen molar-refractivity contribution in [2.24, 2.45) is 56.7 Å². The van der Waals surface area contributed by atoms with Crippen LogP contribution in [0, 0.1) is 56.7 Å². The number of halogens is 1. The summed E-state index contributed by atoms with van der Waals surface area (Å²) in [6, 6.07) is 0. The van der Waals surface area contributed by atoms with E-state index in [1.807, 2.05) is 0 Å². The summed E-state index contributed by atoms with van der Waals surface area (Å²) in [5.41, 5.74) is 2.27. The molecular weight excluding hydrogens is 648 g/mol. The molecular formula is C42H65FN2O4S. The number of carboxylic acid groups (broad SMARTS) is 1. The van der Waals surface area contributed by atoms with E-state index >= 15 is 0 Å². The Balaban J connectivity index is 1.12. The van der Waals surface area contributed by atoms with Crippen molar-refractivity contribution in [3.8, 4) is 0 Å². The van der Waals surface area contributed by atoms with Gasteiger partial charge in [-0.25, -0.2) is 12.8 Å². The zero-order chi connectivity index (χ0) is 36.0. The van der Waals surface area contributed by atoms with Gasteiger partial charge in [-0.05, 0) is 139 Å². The molecule has 8 heteroatoms. The van der Waals surface area contributed by atoms with E-state index in [0.717, 1.165) is 19.5 Å². The highest BCUT2D eigenvalue weighted by Crippen LogP contribution is 2.76. The van der Waals surface area contributed by atoms with Crippen LogP contribution in [0.2, 0.25) is 0 Å². The summed E-state index contributed by atoms with van der Waals surface area (Å²) in [6.45, 7) is 19.6. The van der Waals surface area contributed by atoms with Crippen LogP contribution in [-0.2, 0) is 14.6 Å². The number of alkyl halides is 1. The maximum Gasteiger partial charge on any atom is 0.312 e. The van der Waals surface area contributed by atoms with Crippen LogP contribution in [0.4, 0.5) is 4.39 Å². The zero-order valence-corrected chi connectivity index (χ0v) is 32.5. The van der Waals surface area contributed by atoms with E-state index < -0.39 is 27.9 Å².